The van der Waals surface area contributed by atoms with E-state index in [1.165, 1.54) is 10.8 Å². The summed E-state index contributed by atoms with van der Waals surface area (Å²) in [6.45, 7) is 5.10. The van der Waals surface area contributed by atoms with Crippen molar-refractivity contribution in [3.8, 4) is 5.75 Å². The monoisotopic (exact) mass is 608 g/mol. The highest BCUT2D eigenvalue weighted by molar-refractivity contribution is 7.92. The lowest BCUT2D eigenvalue weighted by atomic mass is 10.0. The van der Waals surface area contributed by atoms with Crippen molar-refractivity contribution in [2.45, 2.75) is 62.6 Å². The molecule has 1 saturated carbocycles. The summed E-state index contributed by atoms with van der Waals surface area (Å²) in [4.78, 5) is 24.0. The van der Waals surface area contributed by atoms with E-state index in [-0.39, 0.29) is 35.5 Å². The predicted molar refractivity (Wildman–Crippen MR) is 155 cm³/mol. The van der Waals surface area contributed by atoms with Crippen molar-refractivity contribution in [3.63, 3.8) is 0 Å². The average molecular weight is 609 g/mol. The van der Waals surface area contributed by atoms with Crippen molar-refractivity contribution in [1.82, 2.24) is 14.5 Å². The summed E-state index contributed by atoms with van der Waals surface area (Å²) in [5.41, 5.74) is 0.909. The summed E-state index contributed by atoms with van der Waals surface area (Å²) < 4.78 is 62.0. The molecule has 1 saturated heterocycles. The second kappa shape index (κ2) is 9.97. The van der Waals surface area contributed by atoms with Crippen LogP contribution in [0.1, 0.15) is 33.6 Å². The number of aryl methyl sites for hydroxylation is 1. The molecule has 220 valence electrons. The van der Waals surface area contributed by atoms with Crippen molar-refractivity contribution < 1.29 is 21.9 Å². The van der Waals surface area contributed by atoms with Gasteiger partial charge in [-0.3, -0.25) is 4.79 Å². The Morgan fingerprint density at radius 2 is 1.93 bits per heavy atom. The second-order valence-electron chi connectivity index (χ2n) is 11.1. The number of fused-ring (bicyclic) bond motifs is 3. The zero-order valence-electron chi connectivity index (χ0n) is 22.8. The summed E-state index contributed by atoms with van der Waals surface area (Å²) in [5, 5.41) is 5.82. The molecule has 0 spiro atoms. The van der Waals surface area contributed by atoms with Gasteiger partial charge in [0.25, 0.3) is 5.56 Å². The van der Waals surface area contributed by atoms with E-state index in [1.54, 1.807) is 39.0 Å². The molecule has 0 radical (unpaired) electrons. The van der Waals surface area contributed by atoms with Crippen LogP contribution in [0.25, 0.3) is 10.9 Å². The Balaban J connectivity index is 1.39. The van der Waals surface area contributed by atoms with E-state index >= 15 is 8.78 Å². The molecule has 10 nitrogen and oxygen atoms in total. The summed E-state index contributed by atoms with van der Waals surface area (Å²) in [7, 11) is -3.23. The maximum atomic E-state index is 15.0. The third-order valence-electron chi connectivity index (χ3n) is 8.15. The molecule has 3 aromatic rings. The number of sulfone groups is 1. The first-order valence-corrected chi connectivity index (χ1v) is 15.6. The van der Waals surface area contributed by atoms with Crippen LogP contribution in [0.5, 0.6) is 5.75 Å². The van der Waals surface area contributed by atoms with E-state index in [4.69, 9.17) is 16.3 Å². The van der Waals surface area contributed by atoms with E-state index in [9.17, 15) is 13.2 Å². The zero-order valence-corrected chi connectivity index (χ0v) is 24.4. The van der Waals surface area contributed by atoms with E-state index < -0.39 is 44.5 Å². The van der Waals surface area contributed by atoms with Gasteiger partial charge in [-0.1, -0.05) is 11.6 Å². The average Bonchev–Trinajstić information content (AvgIpc) is 3.77. The molecule has 1 aromatic carbocycles. The third kappa shape index (κ3) is 4.86. The van der Waals surface area contributed by atoms with Crippen LogP contribution < -0.4 is 25.8 Å². The van der Waals surface area contributed by atoms with Crippen LogP contribution in [0.2, 0.25) is 5.02 Å². The van der Waals surface area contributed by atoms with Gasteiger partial charge >= 0.3 is 5.92 Å². The molecule has 2 N–H and O–H groups in total. The molecule has 14 heteroatoms. The number of nitrogens with zero attached hydrogens (tertiary/aromatic N) is 4. The van der Waals surface area contributed by atoms with Crippen molar-refractivity contribution in [2.24, 2.45) is 5.92 Å². The highest BCUT2D eigenvalue weighted by atomic mass is 35.5. The van der Waals surface area contributed by atoms with Gasteiger partial charge in [0.1, 0.15) is 5.02 Å². The van der Waals surface area contributed by atoms with Gasteiger partial charge in [0.05, 0.1) is 33.9 Å². The van der Waals surface area contributed by atoms with E-state index in [0.717, 1.165) is 0 Å². The Hall–Kier alpha value is -3.19. The number of benzene rings is 1. The van der Waals surface area contributed by atoms with Crippen LogP contribution >= 0.6 is 11.6 Å². The maximum absolute atomic E-state index is 15.0. The largest absolute Gasteiger partial charge is 0.480 e. The van der Waals surface area contributed by atoms with Gasteiger partial charge < -0.3 is 24.8 Å². The summed E-state index contributed by atoms with van der Waals surface area (Å²) >= 11 is 6.44. The standard InChI is InChI=1S/C27H31ClF2N6O4S/c1-4-36-20-8-7-17(9-18(20)21-22(25(36)37)40-13-27(29,30)23(33-21)16-5-6-16)32-24-19(28)10-31-26(34-24)35-11-14(2)41(38,39)15(3)12-35/h7-10,14-16,23,33H,4-6,11-13H2,1-3H3,(H,31,32,34)/t14?,15?,23-/m0/s1. The molecule has 3 aliphatic rings. The molecule has 2 fully saturated rings. The minimum atomic E-state index is -3.23. The number of aromatic nitrogens is 3. The molecule has 1 aliphatic carbocycles. The third-order valence-corrected chi connectivity index (χ3v) is 11.0. The molecule has 2 unspecified atom stereocenters. The lowest BCUT2D eigenvalue weighted by Gasteiger charge is -2.34. The Morgan fingerprint density at radius 3 is 2.59 bits per heavy atom. The molecule has 4 heterocycles. The number of ether oxygens (including phenoxy) is 1. The minimum absolute atomic E-state index is 0.120. The van der Waals surface area contributed by atoms with Gasteiger partial charge in [-0.2, -0.15) is 4.98 Å². The van der Waals surface area contributed by atoms with Crippen LogP contribution in [0.15, 0.2) is 29.2 Å². The van der Waals surface area contributed by atoms with E-state index in [0.29, 0.717) is 47.7 Å². The number of halogens is 3. The maximum Gasteiger partial charge on any atom is 0.301 e. The van der Waals surface area contributed by atoms with Crippen molar-refractivity contribution in [1.29, 1.82) is 0 Å². The lowest BCUT2D eigenvalue weighted by molar-refractivity contribution is -0.0579. The fourth-order valence-electron chi connectivity index (χ4n) is 5.71. The number of alkyl halides is 2. The Labute approximate surface area is 241 Å². The molecule has 2 aromatic heterocycles. The number of nitrogens with one attached hydrogen (secondary N) is 2. The Bertz CT molecular complexity index is 1680. The number of hydrogen-bond acceptors (Lipinski definition) is 9. The van der Waals surface area contributed by atoms with Gasteiger partial charge in [-0.05, 0) is 57.7 Å². The molecular weight excluding hydrogens is 578 g/mol. The van der Waals surface area contributed by atoms with Crippen molar-refractivity contribution in [3.05, 3.63) is 39.8 Å². The topological polar surface area (TPSA) is 118 Å². The normalized spacial score (nSPS) is 25.1. The smallest absolute Gasteiger partial charge is 0.301 e. The summed E-state index contributed by atoms with van der Waals surface area (Å²) in [6.07, 6.45) is 2.83. The van der Waals surface area contributed by atoms with Crippen molar-refractivity contribution >= 4 is 55.5 Å². The predicted octanol–water partition coefficient (Wildman–Crippen LogP) is 4.44. The van der Waals surface area contributed by atoms with E-state index in [1.807, 2.05) is 4.90 Å². The number of anilines is 4. The van der Waals surface area contributed by atoms with Gasteiger partial charge in [-0.25, -0.2) is 22.2 Å². The number of pyridine rings is 1. The Kier molecular flexibility index (Phi) is 6.80. The van der Waals surface area contributed by atoms with Gasteiger partial charge in [0.2, 0.25) is 11.7 Å². The number of hydrogen-bond donors (Lipinski definition) is 2. The van der Waals surface area contributed by atoms with Crippen LogP contribution in [0.4, 0.5) is 31.9 Å². The van der Waals surface area contributed by atoms with Crippen LogP contribution in [-0.2, 0) is 16.4 Å². The van der Waals surface area contributed by atoms with Crippen LogP contribution in [0, 0.1) is 5.92 Å². The fourth-order valence-corrected chi connectivity index (χ4v) is 7.42. The minimum Gasteiger partial charge on any atom is -0.480 e. The molecule has 0 bridgehead atoms. The van der Waals surface area contributed by atoms with Crippen molar-refractivity contribution in [2.75, 3.05) is 35.2 Å². The molecule has 41 heavy (non-hydrogen) atoms. The lowest BCUT2D eigenvalue weighted by Crippen LogP contribution is -2.50. The van der Waals surface area contributed by atoms with Gasteiger partial charge in [-0.15, -0.1) is 0 Å². The second-order valence-corrected chi connectivity index (χ2v) is 14.3. The van der Waals surface area contributed by atoms with E-state index in [2.05, 4.69) is 20.6 Å². The molecule has 0 amide bonds. The molecule has 3 atom stereocenters. The Morgan fingerprint density at radius 1 is 1.22 bits per heavy atom. The highest BCUT2D eigenvalue weighted by Crippen LogP contribution is 2.45. The highest BCUT2D eigenvalue weighted by Gasteiger charge is 2.51. The van der Waals surface area contributed by atoms with Crippen LogP contribution in [-0.4, -0.2) is 65.1 Å². The molecule has 2 aliphatic heterocycles. The molecule has 6 rings (SSSR count). The first kappa shape index (κ1) is 28.0. The first-order valence-electron chi connectivity index (χ1n) is 13.7. The first-order chi connectivity index (χ1) is 19.4. The quantitative estimate of drug-likeness (QED) is 0.433. The molecular formula is C27H31ClF2N6O4S. The SMILES string of the molecule is CCn1c(=O)c2c(c3cc(Nc4nc(N5CC(C)S(=O)(=O)C(C)C5)ncc4Cl)ccc31)N[C@@H](C1CC1)C(F)(F)CO2. The van der Waals surface area contributed by atoms with Crippen LogP contribution in [0.3, 0.4) is 0 Å². The zero-order chi connectivity index (χ0) is 29.3. The summed E-state index contributed by atoms with van der Waals surface area (Å²) in [6, 6.07) is 4.10. The fraction of sp³-hybridized carbons (Fsp3) is 0.519. The summed E-state index contributed by atoms with van der Waals surface area (Å²) in [5.74, 6) is -2.82. The van der Waals surface area contributed by atoms with Gasteiger partial charge in [0.15, 0.2) is 22.3 Å². The van der Waals surface area contributed by atoms with Gasteiger partial charge in [0, 0.05) is 30.7 Å². The number of rotatable bonds is 5.